The van der Waals surface area contributed by atoms with Crippen molar-refractivity contribution in [2.45, 2.75) is 13.5 Å². The van der Waals surface area contributed by atoms with Gasteiger partial charge in [0.2, 0.25) is 0 Å². The zero-order valence-corrected chi connectivity index (χ0v) is 20.4. The number of benzene rings is 4. The van der Waals surface area contributed by atoms with E-state index >= 15 is 0 Å². The predicted molar refractivity (Wildman–Crippen MR) is 146 cm³/mol. The van der Waals surface area contributed by atoms with Crippen LogP contribution in [0.25, 0.3) is 16.9 Å². The van der Waals surface area contributed by atoms with Gasteiger partial charge in [0, 0.05) is 22.9 Å². The lowest BCUT2D eigenvalue weighted by atomic mass is 10.1. The molecule has 0 bridgehead atoms. The van der Waals surface area contributed by atoms with Crippen LogP contribution in [0.4, 0.5) is 0 Å². The van der Waals surface area contributed by atoms with Gasteiger partial charge in [-0.1, -0.05) is 66.2 Å². The zero-order chi connectivity index (χ0) is 25.5. The van der Waals surface area contributed by atoms with Crippen LogP contribution in [0.5, 0.6) is 5.75 Å². The van der Waals surface area contributed by atoms with Crippen LogP contribution in [-0.2, 0) is 6.61 Å². The third-order valence-corrected chi connectivity index (χ3v) is 5.79. The molecule has 6 nitrogen and oxygen atoms in total. The van der Waals surface area contributed by atoms with Crippen LogP contribution in [0.3, 0.4) is 0 Å². The van der Waals surface area contributed by atoms with E-state index in [-0.39, 0.29) is 5.91 Å². The highest BCUT2D eigenvalue weighted by molar-refractivity contribution is 5.95. The second-order valence-corrected chi connectivity index (χ2v) is 8.58. The molecule has 0 saturated carbocycles. The third-order valence-electron chi connectivity index (χ3n) is 5.79. The lowest BCUT2D eigenvalue weighted by molar-refractivity contribution is 0.0955. The van der Waals surface area contributed by atoms with Crippen molar-refractivity contribution in [1.29, 1.82) is 0 Å². The monoisotopic (exact) mass is 486 g/mol. The first-order valence-corrected chi connectivity index (χ1v) is 12.0. The second kappa shape index (κ2) is 11.2. The number of aromatic nitrogens is 2. The lowest BCUT2D eigenvalue weighted by Gasteiger charge is -2.07. The van der Waals surface area contributed by atoms with Crippen molar-refractivity contribution in [1.82, 2.24) is 15.2 Å². The van der Waals surface area contributed by atoms with E-state index < -0.39 is 0 Å². The number of hydrogen-bond acceptors (Lipinski definition) is 4. The number of aryl methyl sites for hydroxylation is 1. The van der Waals surface area contributed by atoms with E-state index in [1.54, 1.807) is 17.0 Å². The van der Waals surface area contributed by atoms with Gasteiger partial charge < -0.3 is 4.74 Å². The van der Waals surface area contributed by atoms with Gasteiger partial charge in [-0.25, -0.2) is 10.1 Å². The molecule has 37 heavy (non-hydrogen) atoms. The fraction of sp³-hybridized carbons (Fsp3) is 0.0645. The Morgan fingerprint density at radius 3 is 2.38 bits per heavy atom. The molecule has 0 spiro atoms. The predicted octanol–water partition coefficient (Wildman–Crippen LogP) is 6.19. The van der Waals surface area contributed by atoms with Crippen molar-refractivity contribution < 1.29 is 9.53 Å². The van der Waals surface area contributed by atoms with Gasteiger partial charge in [-0.15, -0.1) is 0 Å². The average molecular weight is 487 g/mol. The van der Waals surface area contributed by atoms with Crippen molar-refractivity contribution in [3.63, 3.8) is 0 Å². The first-order chi connectivity index (χ1) is 18.2. The summed E-state index contributed by atoms with van der Waals surface area (Å²) in [5.41, 5.74) is 8.65. The van der Waals surface area contributed by atoms with Crippen LogP contribution < -0.4 is 10.2 Å². The molecule has 1 heterocycles. The second-order valence-electron chi connectivity index (χ2n) is 8.58. The smallest absolute Gasteiger partial charge is 0.271 e. The minimum absolute atomic E-state index is 0.267. The summed E-state index contributed by atoms with van der Waals surface area (Å²) in [6.45, 7) is 2.45. The summed E-state index contributed by atoms with van der Waals surface area (Å²) in [5.74, 6) is 0.507. The first-order valence-electron chi connectivity index (χ1n) is 12.0. The zero-order valence-electron chi connectivity index (χ0n) is 20.4. The Kier molecular flexibility index (Phi) is 7.18. The van der Waals surface area contributed by atoms with E-state index in [9.17, 15) is 4.79 Å². The van der Waals surface area contributed by atoms with E-state index in [1.165, 1.54) is 0 Å². The van der Waals surface area contributed by atoms with Crippen LogP contribution in [0.15, 0.2) is 120 Å². The van der Waals surface area contributed by atoms with Crippen molar-refractivity contribution in [2.24, 2.45) is 5.10 Å². The summed E-state index contributed by atoms with van der Waals surface area (Å²) in [6, 6.07) is 35.1. The summed E-state index contributed by atoms with van der Waals surface area (Å²) >= 11 is 0. The molecule has 4 aromatic carbocycles. The molecule has 1 N–H and O–H groups in total. The summed E-state index contributed by atoms with van der Waals surface area (Å²) in [5, 5.41) is 9.03. The number of nitrogens with one attached hydrogen (secondary N) is 1. The van der Waals surface area contributed by atoms with Gasteiger partial charge >= 0.3 is 0 Å². The molecule has 0 radical (unpaired) electrons. The molecule has 1 aromatic heterocycles. The Labute approximate surface area is 215 Å². The number of amides is 1. The summed E-state index contributed by atoms with van der Waals surface area (Å²) in [7, 11) is 0. The average Bonchev–Trinajstić information content (AvgIpc) is 3.37. The van der Waals surface area contributed by atoms with Crippen LogP contribution in [0.1, 0.15) is 27.0 Å². The molecule has 5 aromatic rings. The molecule has 0 aliphatic heterocycles. The molecule has 0 aliphatic rings. The molecule has 6 heteroatoms. The SMILES string of the molecule is Cc1cccc(C(=O)N/N=C/c2cn(-c3ccccc3)nc2-c2ccc(OCc3ccccc3)cc2)c1. The molecule has 0 fully saturated rings. The Hall–Kier alpha value is -4.97. The number of hydrogen-bond donors (Lipinski definition) is 1. The van der Waals surface area contributed by atoms with Crippen molar-refractivity contribution in [3.05, 3.63) is 138 Å². The van der Waals surface area contributed by atoms with Crippen LogP contribution in [0, 0.1) is 6.92 Å². The fourth-order valence-corrected chi connectivity index (χ4v) is 3.88. The summed E-state index contributed by atoms with van der Waals surface area (Å²) in [6.07, 6.45) is 3.52. The highest BCUT2D eigenvalue weighted by Crippen LogP contribution is 2.25. The number of nitrogens with zero attached hydrogens (tertiary/aromatic N) is 3. The molecule has 0 aliphatic carbocycles. The van der Waals surface area contributed by atoms with Crippen LogP contribution in [-0.4, -0.2) is 21.9 Å². The lowest BCUT2D eigenvalue weighted by Crippen LogP contribution is -2.17. The third kappa shape index (κ3) is 6.00. The van der Waals surface area contributed by atoms with E-state index in [0.29, 0.717) is 12.2 Å². The van der Waals surface area contributed by atoms with E-state index in [2.05, 4.69) is 10.5 Å². The Bertz CT molecular complexity index is 1510. The van der Waals surface area contributed by atoms with Gasteiger partial charge in [-0.3, -0.25) is 4.79 Å². The molecule has 0 atom stereocenters. The normalized spacial score (nSPS) is 10.9. The van der Waals surface area contributed by atoms with Crippen molar-refractivity contribution >= 4 is 12.1 Å². The number of ether oxygens (including phenoxy) is 1. The van der Waals surface area contributed by atoms with Gasteiger partial charge in [0.1, 0.15) is 18.1 Å². The Balaban J connectivity index is 1.37. The maximum atomic E-state index is 12.5. The molecule has 0 unspecified atom stereocenters. The Morgan fingerprint density at radius 1 is 0.919 bits per heavy atom. The highest BCUT2D eigenvalue weighted by atomic mass is 16.5. The van der Waals surface area contributed by atoms with Gasteiger partial charge in [-0.2, -0.15) is 10.2 Å². The van der Waals surface area contributed by atoms with Gasteiger partial charge in [0.05, 0.1) is 11.9 Å². The molecule has 182 valence electrons. The number of carbonyl (C=O) groups is 1. The number of carbonyl (C=O) groups excluding carboxylic acids is 1. The van der Waals surface area contributed by atoms with Crippen LogP contribution >= 0.6 is 0 Å². The maximum absolute atomic E-state index is 12.5. The number of rotatable bonds is 8. The largest absolute Gasteiger partial charge is 0.489 e. The van der Waals surface area contributed by atoms with Gasteiger partial charge in [0.25, 0.3) is 5.91 Å². The van der Waals surface area contributed by atoms with Gasteiger partial charge in [-0.05, 0) is 61.0 Å². The number of para-hydroxylation sites is 1. The van der Waals surface area contributed by atoms with Crippen LogP contribution in [0.2, 0.25) is 0 Å². The fourth-order valence-electron chi connectivity index (χ4n) is 3.88. The molecular formula is C31H26N4O2. The standard InChI is InChI=1S/C31H26N4O2/c1-23-9-8-12-26(19-23)31(36)33-32-20-27-21-35(28-13-6-3-7-14-28)34-30(27)25-15-17-29(18-16-25)37-22-24-10-4-2-5-11-24/h2-21H,22H2,1H3,(H,33,36)/b32-20+. The molecular weight excluding hydrogens is 460 g/mol. The Morgan fingerprint density at radius 2 is 1.65 bits per heavy atom. The quantitative estimate of drug-likeness (QED) is 0.210. The first kappa shape index (κ1) is 23.8. The molecule has 0 saturated heterocycles. The highest BCUT2D eigenvalue weighted by Gasteiger charge is 2.12. The minimum Gasteiger partial charge on any atom is -0.489 e. The molecule has 5 rings (SSSR count). The van der Waals surface area contributed by atoms with E-state index in [4.69, 9.17) is 9.84 Å². The summed E-state index contributed by atoms with van der Waals surface area (Å²) < 4.78 is 7.73. The molecule has 1 amide bonds. The topological polar surface area (TPSA) is 68.5 Å². The number of hydrazone groups is 1. The van der Waals surface area contributed by atoms with E-state index in [0.717, 1.165) is 39.4 Å². The minimum atomic E-state index is -0.267. The van der Waals surface area contributed by atoms with Crippen molar-refractivity contribution in [3.8, 4) is 22.7 Å². The maximum Gasteiger partial charge on any atom is 0.271 e. The van der Waals surface area contributed by atoms with Gasteiger partial charge in [0.15, 0.2) is 0 Å². The van der Waals surface area contributed by atoms with E-state index in [1.807, 2.05) is 116 Å². The van der Waals surface area contributed by atoms with Crippen molar-refractivity contribution in [2.75, 3.05) is 0 Å². The summed E-state index contributed by atoms with van der Waals surface area (Å²) in [4.78, 5) is 12.5.